The van der Waals surface area contributed by atoms with Crippen LogP contribution in [0.25, 0.3) is 0 Å². The van der Waals surface area contributed by atoms with Crippen molar-refractivity contribution in [3.8, 4) is 0 Å². The molecule has 0 atom stereocenters. The molecule has 5 rings (SSSR count). The van der Waals surface area contributed by atoms with Gasteiger partial charge in [-0.3, -0.25) is 0 Å². The highest BCUT2D eigenvalue weighted by Crippen LogP contribution is 2.26. The van der Waals surface area contributed by atoms with Crippen LogP contribution in [0.1, 0.15) is 148 Å². The van der Waals surface area contributed by atoms with Gasteiger partial charge in [0.2, 0.25) is 0 Å². The van der Waals surface area contributed by atoms with Crippen molar-refractivity contribution in [2.24, 2.45) is 27.1 Å². The van der Waals surface area contributed by atoms with Gasteiger partial charge in [0.15, 0.2) is 0 Å². The first-order chi connectivity index (χ1) is 28.6. The maximum Gasteiger partial charge on any atom is 0.126 e. The highest BCUT2D eigenvalue weighted by molar-refractivity contribution is 6.31. The Morgan fingerprint density at radius 2 is 0.587 bits per heavy atom. The Balaban J connectivity index is 0.000000394. The topological polar surface area (TPSA) is 0 Å². The molecule has 63 heavy (non-hydrogen) atoms. The smallest absolute Gasteiger partial charge is 0.126 e. The van der Waals surface area contributed by atoms with Crippen molar-refractivity contribution in [2.75, 3.05) is 0 Å². The second kappa shape index (κ2) is 25.2. The van der Waals surface area contributed by atoms with Crippen LogP contribution in [0, 0.1) is 65.3 Å². The molecular formula is C58H81Cl2F3. The third-order valence-electron chi connectivity index (χ3n) is 9.17. The largest absolute Gasteiger partial charge is 0.207 e. The van der Waals surface area contributed by atoms with Gasteiger partial charge in [0.25, 0.3) is 0 Å². The van der Waals surface area contributed by atoms with Crippen LogP contribution in [-0.2, 0) is 32.1 Å². The summed E-state index contributed by atoms with van der Waals surface area (Å²) in [6.07, 6.45) is 5.19. The molecule has 0 fully saturated rings. The minimum Gasteiger partial charge on any atom is -0.207 e. The lowest BCUT2D eigenvalue weighted by atomic mass is 9.88. The van der Waals surface area contributed by atoms with Crippen LogP contribution in [-0.4, -0.2) is 0 Å². The van der Waals surface area contributed by atoms with E-state index in [9.17, 15) is 13.2 Å². The molecule has 0 spiro atoms. The third-order valence-corrected chi connectivity index (χ3v) is 9.84. The summed E-state index contributed by atoms with van der Waals surface area (Å²) in [5.74, 6) is -0.386. The van der Waals surface area contributed by atoms with E-state index in [4.69, 9.17) is 23.2 Å². The van der Waals surface area contributed by atoms with Gasteiger partial charge >= 0.3 is 0 Å². The SMILES string of the molecule is CC(C)(C)Cc1ccc(Cl)cc1.CC(C)(C)Cc1ccc(F)cc1.Cc1cc(CC(C)(C)C)ccc1Cl.Cc1cc(CC(C)(C)C)ccc1F.Cc1cc(CC(C)(C)C)ccc1F. The van der Waals surface area contributed by atoms with E-state index in [2.05, 4.69) is 135 Å². The number of aryl methyl sites for hydroxylation is 3. The number of benzene rings is 5. The Bertz CT molecular complexity index is 1870. The Labute approximate surface area is 393 Å². The van der Waals surface area contributed by atoms with Crippen LogP contribution in [0.2, 0.25) is 10.0 Å². The lowest BCUT2D eigenvalue weighted by molar-refractivity contribution is 0.410. The fourth-order valence-corrected chi connectivity index (χ4v) is 6.96. The van der Waals surface area contributed by atoms with Gasteiger partial charge in [-0.05, 0) is 167 Å². The maximum absolute atomic E-state index is 12.9. The van der Waals surface area contributed by atoms with E-state index in [0.717, 1.165) is 53.3 Å². The minimum atomic E-state index is -0.160. The minimum absolute atomic E-state index is 0.113. The van der Waals surface area contributed by atoms with Gasteiger partial charge in [-0.1, -0.05) is 188 Å². The van der Waals surface area contributed by atoms with Crippen LogP contribution in [0.5, 0.6) is 0 Å². The van der Waals surface area contributed by atoms with E-state index in [1.807, 2.05) is 68.4 Å². The molecule has 0 aliphatic carbocycles. The average molecular weight is 906 g/mol. The zero-order valence-corrected chi connectivity index (χ0v) is 43.8. The van der Waals surface area contributed by atoms with Gasteiger partial charge < -0.3 is 0 Å². The van der Waals surface area contributed by atoms with E-state index < -0.39 is 0 Å². The monoisotopic (exact) mass is 905 g/mol. The third kappa shape index (κ3) is 28.8. The summed E-state index contributed by atoms with van der Waals surface area (Å²) >= 11 is 11.7. The second-order valence-corrected chi connectivity index (χ2v) is 24.0. The predicted octanol–water partition coefficient (Wildman–Crippen LogP) is 19.0. The summed E-state index contributed by atoms with van der Waals surface area (Å²) < 4.78 is 38.4. The van der Waals surface area contributed by atoms with Crippen LogP contribution < -0.4 is 0 Å². The van der Waals surface area contributed by atoms with Gasteiger partial charge in [0.05, 0.1) is 0 Å². The second-order valence-electron chi connectivity index (χ2n) is 23.2. The van der Waals surface area contributed by atoms with E-state index in [1.54, 1.807) is 12.1 Å². The maximum atomic E-state index is 12.9. The van der Waals surface area contributed by atoms with Gasteiger partial charge in [0.1, 0.15) is 17.5 Å². The van der Waals surface area contributed by atoms with Crippen molar-refractivity contribution in [3.63, 3.8) is 0 Å². The molecule has 0 aliphatic heterocycles. The zero-order valence-electron chi connectivity index (χ0n) is 42.2. The van der Waals surface area contributed by atoms with Crippen molar-refractivity contribution < 1.29 is 13.2 Å². The molecule has 0 nitrogen and oxygen atoms in total. The summed E-state index contributed by atoms with van der Waals surface area (Å²) in [7, 11) is 0. The molecule has 5 heteroatoms. The molecule has 0 amide bonds. The van der Waals surface area contributed by atoms with E-state index in [-0.39, 0.29) is 33.7 Å². The molecule has 0 radical (unpaired) electrons. The van der Waals surface area contributed by atoms with Crippen molar-refractivity contribution in [1.29, 1.82) is 0 Å². The Hall–Kier alpha value is -3.53. The molecule has 0 unspecified atom stereocenters. The number of halogens is 5. The molecule has 0 heterocycles. The highest BCUT2D eigenvalue weighted by Gasteiger charge is 2.15. The van der Waals surface area contributed by atoms with Gasteiger partial charge in [0, 0.05) is 10.0 Å². The molecule has 348 valence electrons. The van der Waals surface area contributed by atoms with Crippen LogP contribution in [0.3, 0.4) is 0 Å². The van der Waals surface area contributed by atoms with Gasteiger partial charge in [-0.2, -0.15) is 0 Å². The molecule has 0 N–H and O–H groups in total. The first-order valence-corrected chi connectivity index (χ1v) is 23.1. The predicted molar refractivity (Wildman–Crippen MR) is 272 cm³/mol. The van der Waals surface area contributed by atoms with Crippen molar-refractivity contribution in [2.45, 2.75) is 157 Å². The summed E-state index contributed by atoms with van der Waals surface area (Å²) in [6, 6.07) is 31.8. The van der Waals surface area contributed by atoms with Crippen LogP contribution in [0.15, 0.2) is 103 Å². The molecular weight excluding hydrogens is 825 g/mol. The van der Waals surface area contributed by atoms with Crippen molar-refractivity contribution in [3.05, 3.63) is 175 Å². The van der Waals surface area contributed by atoms with Gasteiger partial charge in [-0.25, -0.2) is 13.2 Å². The molecule has 0 bridgehead atoms. The van der Waals surface area contributed by atoms with Crippen molar-refractivity contribution in [1.82, 2.24) is 0 Å². The fourth-order valence-electron chi connectivity index (χ4n) is 6.72. The summed E-state index contributed by atoms with van der Waals surface area (Å²) in [6.45, 7) is 38.8. The van der Waals surface area contributed by atoms with E-state index in [1.165, 1.54) is 45.5 Å². The van der Waals surface area contributed by atoms with E-state index >= 15 is 0 Å². The van der Waals surface area contributed by atoms with Crippen molar-refractivity contribution >= 4 is 23.2 Å². The van der Waals surface area contributed by atoms with Gasteiger partial charge in [-0.15, -0.1) is 0 Å². The molecule has 0 aromatic heterocycles. The molecule has 0 aliphatic rings. The molecule has 5 aromatic rings. The molecule has 0 saturated heterocycles. The normalized spacial score (nSPS) is 11.7. The lowest BCUT2D eigenvalue weighted by Crippen LogP contribution is -2.09. The summed E-state index contributed by atoms with van der Waals surface area (Å²) in [5.41, 5.74) is 10.5. The highest BCUT2D eigenvalue weighted by atomic mass is 35.5. The standard InChI is InChI=1S/C12H17Cl.2C12H17F.C11H15Cl.C11H15F/c3*1-9-7-10(5-6-11(9)13)8-12(2,3)4;2*1-11(2,3)8-9-4-6-10(12)7-5-9/h3*5-7H,8H2,1-4H3;2*4-7H,8H2,1-3H3. The first-order valence-electron chi connectivity index (χ1n) is 22.3. The van der Waals surface area contributed by atoms with E-state index in [0.29, 0.717) is 10.8 Å². The average Bonchev–Trinajstić information content (AvgIpc) is 3.10. The summed E-state index contributed by atoms with van der Waals surface area (Å²) in [5, 5.41) is 1.67. The first kappa shape index (κ1) is 57.5. The Kier molecular flexibility index (Phi) is 23.0. The Morgan fingerprint density at radius 1 is 0.333 bits per heavy atom. The summed E-state index contributed by atoms with van der Waals surface area (Å²) in [4.78, 5) is 0. The molecule has 0 saturated carbocycles. The molecule has 5 aromatic carbocycles. The number of hydrogen-bond donors (Lipinski definition) is 0. The Morgan fingerprint density at radius 3 is 0.873 bits per heavy atom. The van der Waals surface area contributed by atoms with Crippen LogP contribution in [0.4, 0.5) is 13.2 Å². The fraction of sp³-hybridized carbons (Fsp3) is 0.483. The number of hydrogen-bond acceptors (Lipinski definition) is 0. The van der Waals surface area contributed by atoms with Crippen LogP contribution >= 0.6 is 23.2 Å². The lowest BCUT2D eigenvalue weighted by Gasteiger charge is -2.18. The number of rotatable bonds is 5. The quantitative estimate of drug-likeness (QED) is 0.165. The zero-order chi connectivity index (χ0) is 48.6.